The van der Waals surface area contributed by atoms with Crippen LogP contribution in [0.15, 0.2) is 23.1 Å². The first-order valence-corrected chi connectivity index (χ1v) is 3.74. The Hall–Kier alpha value is -0.700. The SMILES string of the molecule is O=c1cc[nH]c(CCS)c1. The van der Waals surface area contributed by atoms with Crippen molar-refractivity contribution >= 4 is 12.6 Å². The Morgan fingerprint density at radius 2 is 2.40 bits per heavy atom. The number of aromatic amines is 1. The second-order valence-electron chi connectivity index (χ2n) is 2.02. The highest BCUT2D eigenvalue weighted by atomic mass is 32.1. The Balaban J connectivity index is 2.85. The number of aryl methyl sites for hydroxylation is 1. The first-order valence-electron chi connectivity index (χ1n) is 3.11. The van der Waals surface area contributed by atoms with E-state index in [4.69, 9.17) is 0 Å². The number of hydrogen-bond acceptors (Lipinski definition) is 2. The molecule has 0 aromatic carbocycles. The summed E-state index contributed by atoms with van der Waals surface area (Å²) in [7, 11) is 0. The van der Waals surface area contributed by atoms with E-state index in [0.29, 0.717) is 0 Å². The zero-order valence-corrected chi connectivity index (χ0v) is 6.40. The summed E-state index contributed by atoms with van der Waals surface area (Å²) in [5.74, 6) is 0.764. The van der Waals surface area contributed by atoms with Gasteiger partial charge in [0.25, 0.3) is 0 Å². The van der Waals surface area contributed by atoms with E-state index in [9.17, 15) is 4.79 Å². The molecular weight excluding hydrogens is 146 g/mol. The van der Waals surface area contributed by atoms with Crippen molar-refractivity contribution < 1.29 is 0 Å². The van der Waals surface area contributed by atoms with Gasteiger partial charge in [0.15, 0.2) is 5.43 Å². The monoisotopic (exact) mass is 155 g/mol. The van der Waals surface area contributed by atoms with Crippen LogP contribution in [-0.2, 0) is 6.42 Å². The number of thiol groups is 1. The summed E-state index contributed by atoms with van der Waals surface area (Å²) in [6, 6.07) is 3.10. The maximum atomic E-state index is 10.7. The second-order valence-corrected chi connectivity index (χ2v) is 2.47. The predicted molar refractivity (Wildman–Crippen MR) is 44.6 cm³/mol. The summed E-state index contributed by atoms with van der Waals surface area (Å²) >= 11 is 4.04. The van der Waals surface area contributed by atoms with E-state index in [-0.39, 0.29) is 5.43 Å². The molecule has 2 nitrogen and oxygen atoms in total. The van der Waals surface area contributed by atoms with Crippen LogP contribution in [0.1, 0.15) is 5.69 Å². The lowest BCUT2D eigenvalue weighted by molar-refractivity contribution is 1.04. The lowest BCUT2D eigenvalue weighted by Gasteiger charge is -1.94. The van der Waals surface area contributed by atoms with Gasteiger partial charge in [-0.2, -0.15) is 12.6 Å². The quantitative estimate of drug-likeness (QED) is 0.610. The minimum absolute atomic E-state index is 0.0514. The summed E-state index contributed by atoms with van der Waals surface area (Å²) in [6.45, 7) is 0. The maximum Gasteiger partial charge on any atom is 0.181 e. The van der Waals surface area contributed by atoms with Crippen molar-refractivity contribution in [2.45, 2.75) is 6.42 Å². The predicted octanol–water partition coefficient (Wildman–Crippen LogP) is 0.847. The minimum atomic E-state index is 0.0514. The van der Waals surface area contributed by atoms with E-state index in [1.165, 1.54) is 6.07 Å². The molecule has 0 radical (unpaired) electrons. The first kappa shape index (κ1) is 7.41. The van der Waals surface area contributed by atoms with Gasteiger partial charge < -0.3 is 4.98 Å². The molecule has 1 rings (SSSR count). The van der Waals surface area contributed by atoms with E-state index < -0.39 is 0 Å². The van der Waals surface area contributed by atoms with Crippen molar-refractivity contribution in [3.05, 3.63) is 34.2 Å². The van der Waals surface area contributed by atoms with Gasteiger partial charge in [-0.3, -0.25) is 4.79 Å². The van der Waals surface area contributed by atoms with E-state index in [1.807, 2.05) is 0 Å². The minimum Gasteiger partial charge on any atom is -0.365 e. The van der Waals surface area contributed by atoms with Crippen molar-refractivity contribution in [2.75, 3.05) is 5.75 Å². The maximum absolute atomic E-state index is 10.7. The van der Waals surface area contributed by atoms with Crippen LogP contribution in [0.25, 0.3) is 0 Å². The van der Waals surface area contributed by atoms with Crippen molar-refractivity contribution in [3.63, 3.8) is 0 Å². The third-order valence-corrected chi connectivity index (χ3v) is 1.44. The molecule has 0 aliphatic carbocycles. The van der Waals surface area contributed by atoms with Crippen LogP contribution in [0, 0.1) is 0 Å². The average Bonchev–Trinajstić information content (AvgIpc) is 1.88. The van der Waals surface area contributed by atoms with Gasteiger partial charge in [0.2, 0.25) is 0 Å². The van der Waals surface area contributed by atoms with Crippen LogP contribution in [0.5, 0.6) is 0 Å². The summed E-state index contributed by atoms with van der Waals surface area (Å²) in [5.41, 5.74) is 0.998. The van der Waals surface area contributed by atoms with Crippen LogP contribution < -0.4 is 5.43 Å². The summed E-state index contributed by atoms with van der Waals surface area (Å²) in [6.07, 6.45) is 2.47. The normalized spacial score (nSPS) is 9.70. The average molecular weight is 155 g/mol. The van der Waals surface area contributed by atoms with E-state index in [2.05, 4.69) is 17.6 Å². The molecule has 3 heteroatoms. The second kappa shape index (κ2) is 3.46. The molecule has 0 bridgehead atoms. The lowest BCUT2D eigenvalue weighted by atomic mass is 10.3. The fourth-order valence-corrected chi connectivity index (χ4v) is 0.998. The van der Waals surface area contributed by atoms with Crippen molar-refractivity contribution in [3.8, 4) is 0 Å². The molecule has 10 heavy (non-hydrogen) atoms. The third kappa shape index (κ3) is 1.92. The van der Waals surface area contributed by atoms with Crippen LogP contribution in [-0.4, -0.2) is 10.7 Å². The van der Waals surface area contributed by atoms with Gasteiger partial charge in [0.05, 0.1) is 0 Å². The fraction of sp³-hybridized carbons (Fsp3) is 0.286. The molecule has 0 unspecified atom stereocenters. The lowest BCUT2D eigenvalue weighted by Crippen LogP contribution is -2.01. The Morgan fingerprint density at radius 3 is 3.00 bits per heavy atom. The van der Waals surface area contributed by atoms with E-state index >= 15 is 0 Å². The molecule has 0 saturated carbocycles. The molecule has 0 fully saturated rings. The van der Waals surface area contributed by atoms with Gasteiger partial charge in [-0.25, -0.2) is 0 Å². The van der Waals surface area contributed by atoms with Crippen molar-refractivity contribution in [2.24, 2.45) is 0 Å². The largest absolute Gasteiger partial charge is 0.365 e. The number of rotatable bonds is 2. The van der Waals surface area contributed by atoms with Crippen molar-refractivity contribution in [1.82, 2.24) is 4.98 Å². The number of pyridine rings is 1. The summed E-state index contributed by atoms with van der Waals surface area (Å²) < 4.78 is 0. The van der Waals surface area contributed by atoms with Crippen LogP contribution in [0.2, 0.25) is 0 Å². The molecule has 1 heterocycles. The molecule has 54 valence electrons. The van der Waals surface area contributed by atoms with Crippen molar-refractivity contribution in [1.29, 1.82) is 0 Å². The third-order valence-electron chi connectivity index (χ3n) is 1.21. The van der Waals surface area contributed by atoms with E-state index in [1.54, 1.807) is 12.3 Å². The molecule has 0 aliphatic heterocycles. The van der Waals surface area contributed by atoms with Crippen LogP contribution in [0.3, 0.4) is 0 Å². The van der Waals surface area contributed by atoms with Gasteiger partial charge in [-0.1, -0.05) is 0 Å². The highest BCUT2D eigenvalue weighted by molar-refractivity contribution is 7.80. The number of hydrogen-bond donors (Lipinski definition) is 2. The molecule has 1 aromatic heterocycles. The zero-order valence-electron chi connectivity index (χ0n) is 5.50. The Bertz CT molecular complexity index is 256. The van der Waals surface area contributed by atoms with Gasteiger partial charge in [0.1, 0.15) is 0 Å². The van der Waals surface area contributed by atoms with Crippen LogP contribution >= 0.6 is 12.6 Å². The standard InChI is InChI=1S/C7H9NOS/c9-7-1-3-8-6(5-7)2-4-10/h1,3,5,10H,2,4H2,(H,8,9). The summed E-state index contributed by atoms with van der Waals surface area (Å²) in [4.78, 5) is 13.7. The fourth-order valence-electron chi connectivity index (χ4n) is 0.757. The number of nitrogens with one attached hydrogen (secondary N) is 1. The molecule has 0 saturated heterocycles. The van der Waals surface area contributed by atoms with Gasteiger partial charge in [0, 0.05) is 24.0 Å². The van der Waals surface area contributed by atoms with Gasteiger partial charge in [-0.05, 0) is 12.2 Å². The Morgan fingerprint density at radius 1 is 1.60 bits per heavy atom. The van der Waals surface area contributed by atoms with Gasteiger partial charge in [-0.15, -0.1) is 0 Å². The molecule has 0 amide bonds. The molecule has 0 spiro atoms. The van der Waals surface area contributed by atoms with E-state index in [0.717, 1.165) is 17.9 Å². The Labute approximate surface area is 64.7 Å². The smallest absolute Gasteiger partial charge is 0.181 e. The van der Waals surface area contributed by atoms with Crippen LogP contribution in [0.4, 0.5) is 0 Å². The number of H-pyrrole nitrogens is 1. The highest BCUT2D eigenvalue weighted by Crippen LogP contribution is 1.91. The highest BCUT2D eigenvalue weighted by Gasteiger charge is 1.89. The van der Waals surface area contributed by atoms with Gasteiger partial charge >= 0.3 is 0 Å². The summed E-state index contributed by atoms with van der Waals surface area (Å²) in [5, 5.41) is 0. The number of aromatic nitrogens is 1. The molecule has 1 N–H and O–H groups in total. The first-order chi connectivity index (χ1) is 4.83. The molecule has 1 aromatic rings. The Kier molecular flexibility index (Phi) is 2.57. The zero-order chi connectivity index (χ0) is 7.40. The molecular formula is C7H9NOS. The topological polar surface area (TPSA) is 32.9 Å². The molecule has 0 atom stereocenters. The molecule has 0 aliphatic rings.